The predicted octanol–water partition coefficient (Wildman–Crippen LogP) is 2.20. The van der Waals surface area contributed by atoms with Gasteiger partial charge >= 0.3 is 0 Å². The minimum Gasteiger partial charge on any atom is -0.356 e. The van der Waals surface area contributed by atoms with Gasteiger partial charge in [0.2, 0.25) is 0 Å². The average Bonchev–Trinajstić information content (AvgIpc) is 2.82. The van der Waals surface area contributed by atoms with E-state index in [1.54, 1.807) is 12.4 Å². The molecule has 1 aromatic heterocycles. The lowest BCUT2D eigenvalue weighted by Crippen LogP contribution is -2.35. The fraction of sp³-hybridized carbons (Fsp3) is 0.500. The zero-order valence-electron chi connectivity index (χ0n) is 12.6. The Balaban J connectivity index is 1.94. The molecule has 1 saturated heterocycles. The van der Waals surface area contributed by atoms with Gasteiger partial charge in [0, 0.05) is 18.5 Å². The first-order valence-electron chi connectivity index (χ1n) is 7.80. The Labute approximate surface area is 130 Å². The summed E-state index contributed by atoms with van der Waals surface area (Å²) in [5, 5.41) is 0.940. The zero-order valence-corrected chi connectivity index (χ0v) is 13.4. The quantitative estimate of drug-likeness (QED) is 0.807. The molecule has 1 aromatic carbocycles. The van der Waals surface area contributed by atoms with Crippen molar-refractivity contribution in [3.05, 3.63) is 24.0 Å². The molecular formula is C16H19N3O2S. The van der Waals surface area contributed by atoms with Crippen molar-refractivity contribution in [1.82, 2.24) is 9.97 Å². The average molecular weight is 317 g/mol. The molecule has 3 heterocycles. The lowest BCUT2D eigenvalue weighted by atomic mass is 9.99. The highest BCUT2D eigenvalue weighted by molar-refractivity contribution is 7.91. The molecule has 1 unspecified atom stereocenters. The van der Waals surface area contributed by atoms with E-state index in [9.17, 15) is 8.42 Å². The van der Waals surface area contributed by atoms with Gasteiger partial charge in [-0.05, 0) is 42.9 Å². The molecular weight excluding hydrogens is 298 g/mol. The minimum absolute atomic E-state index is 0.201. The van der Waals surface area contributed by atoms with Crippen LogP contribution in [0.5, 0.6) is 0 Å². The molecule has 0 bridgehead atoms. The predicted molar refractivity (Wildman–Crippen MR) is 85.9 cm³/mol. The number of hydrogen-bond acceptors (Lipinski definition) is 5. The van der Waals surface area contributed by atoms with Crippen molar-refractivity contribution in [2.75, 3.05) is 23.7 Å². The normalized spacial score (nSPS) is 23.7. The molecule has 1 fully saturated rings. The molecule has 6 heteroatoms. The molecule has 0 saturated carbocycles. The van der Waals surface area contributed by atoms with Crippen LogP contribution in [0.15, 0.2) is 23.4 Å². The van der Waals surface area contributed by atoms with E-state index in [1.165, 1.54) is 6.42 Å². The third-order valence-electron chi connectivity index (χ3n) is 4.76. The van der Waals surface area contributed by atoms with Crippen molar-refractivity contribution >= 4 is 26.6 Å². The van der Waals surface area contributed by atoms with Gasteiger partial charge in [-0.1, -0.05) is 6.92 Å². The largest absolute Gasteiger partial charge is 0.356 e. The van der Waals surface area contributed by atoms with E-state index >= 15 is 0 Å². The van der Waals surface area contributed by atoms with E-state index in [4.69, 9.17) is 0 Å². The Kier molecular flexibility index (Phi) is 3.11. The molecule has 0 aliphatic carbocycles. The Morgan fingerprint density at radius 3 is 2.95 bits per heavy atom. The second kappa shape index (κ2) is 4.91. The van der Waals surface area contributed by atoms with E-state index in [-0.39, 0.29) is 5.75 Å². The number of fused-ring (bicyclic) bond motifs is 3. The number of aromatic nitrogens is 2. The summed E-state index contributed by atoms with van der Waals surface area (Å²) in [4.78, 5) is 11.6. The van der Waals surface area contributed by atoms with E-state index in [2.05, 4.69) is 21.8 Å². The SMILES string of the molecule is CC1CCCN(c2ncnc3ccc4c(c23)CCS4(=O)=O)C1. The molecule has 0 N–H and O–H groups in total. The van der Waals surface area contributed by atoms with Crippen LogP contribution in [0.4, 0.5) is 5.82 Å². The van der Waals surface area contributed by atoms with E-state index in [0.29, 0.717) is 17.2 Å². The lowest BCUT2D eigenvalue weighted by molar-refractivity contribution is 0.445. The molecule has 2 aliphatic heterocycles. The van der Waals surface area contributed by atoms with Crippen LogP contribution >= 0.6 is 0 Å². The van der Waals surface area contributed by atoms with Gasteiger partial charge < -0.3 is 4.90 Å². The second-order valence-electron chi connectivity index (χ2n) is 6.40. The van der Waals surface area contributed by atoms with Crippen LogP contribution in [0.3, 0.4) is 0 Å². The van der Waals surface area contributed by atoms with Crippen molar-refractivity contribution in [1.29, 1.82) is 0 Å². The lowest BCUT2D eigenvalue weighted by Gasteiger charge is -2.32. The van der Waals surface area contributed by atoms with Crippen molar-refractivity contribution in [3.63, 3.8) is 0 Å². The molecule has 4 rings (SSSR count). The van der Waals surface area contributed by atoms with E-state index in [0.717, 1.165) is 41.8 Å². The first kappa shape index (κ1) is 13.9. The van der Waals surface area contributed by atoms with Gasteiger partial charge in [0.25, 0.3) is 0 Å². The van der Waals surface area contributed by atoms with E-state index < -0.39 is 9.84 Å². The molecule has 22 heavy (non-hydrogen) atoms. The maximum Gasteiger partial charge on any atom is 0.179 e. The van der Waals surface area contributed by atoms with Crippen molar-refractivity contribution in [2.24, 2.45) is 5.92 Å². The zero-order chi connectivity index (χ0) is 15.3. The maximum atomic E-state index is 12.2. The molecule has 2 aliphatic rings. The van der Waals surface area contributed by atoms with Gasteiger partial charge in [0.05, 0.1) is 16.2 Å². The summed E-state index contributed by atoms with van der Waals surface area (Å²) in [6, 6.07) is 3.52. The number of aryl methyl sites for hydroxylation is 1. The van der Waals surface area contributed by atoms with E-state index in [1.807, 2.05) is 6.07 Å². The standard InChI is InChI=1S/C16H19N3O2S/c1-11-3-2-7-19(9-11)16-15-12-6-8-22(20,21)14(12)5-4-13(15)17-10-18-16/h4-5,10-11H,2-3,6-9H2,1H3. The molecule has 0 radical (unpaired) electrons. The van der Waals surface area contributed by atoms with Crippen molar-refractivity contribution in [2.45, 2.75) is 31.1 Å². The van der Waals surface area contributed by atoms with Gasteiger partial charge in [-0.2, -0.15) is 0 Å². The first-order chi connectivity index (χ1) is 10.6. The molecule has 1 atom stereocenters. The van der Waals surface area contributed by atoms with Crippen LogP contribution in [0, 0.1) is 5.92 Å². The van der Waals surface area contributed by atoms with Crippen molar-refractivity contribution in [3.8, 4) is 0 Å². The fourth-order valence-electron chi connectivity index (χ4n) is 3.69. The minimum atomic E-state index is -3.13. The summed E-state index contributed by atoms with van der Waals surface area (Å²) in [5.41, 5.74) is 1.76. The number of sulfone groups is 1. The Morgan fingerprint density at radius 1 is 1.27 bits per heavy atom. The number of nitrogens with zero attached hydrogens (tertiary/aromatic N) is 3. The van der Waals surface area contributed by atoms with Gasteiger partial charge in [-0.15, -0.1) is 0 Å². The van der Waals surface area contributed by atoms with Crippen LogP contribution in [-0.4, -0.2) is 37.2 Å². The Hall–Kier alpha value is -1.69. The number of benzene rings is 1. The molecule has 2 aromatic rings. The third-order valence-corrected chi connectivity index (χ3v) is 6.55. The van der Waals surface area contributed by atoms with Crippen molar-refractivity contribution < 1.29 is 8.42 Å². The smallest absolute Gasteiger partial charge is 0.179 e. The Bertz CT molecular complexity index is 848. The number of piperidine rings is 1. The second-order valence-corrected chi connectivity index (χ2v) is 8.47. The fourth-order valence-corrected chi connectivity index (χ4v) is 5.24. The summed E-state index contributed by atoms with van der Waals surface area (Å²) in [6.45, 7) is 4.21. The highest BCUT2D eigenvalue weighted by Gasteiger charge is 2.30. The van der Waals surface area contributed by atoms with Gasteiger partial charge in [-0.3, -0.25) is 0 Å². The van der Waals surface area contributed by atoms with Crippen LogP contribution < -0.4 is 4.90 Å². The molecule has 0 spiro atoms. The Morgan fingerprint density at radius 2 is 2.14 bits per heavy atom. The highest BCUT2D eigenvalue weighted by Crippen LogP contribution is 2.36. The summed E-state index contributed by atoms with van der Waals surface area (Å²) in [7, 11) is -3.13. The molecule has 116 valence electrons. The third kappa shape index (κ3) is 2.08. The van der Waals surface area contributed by atoms with Crippen LogP contribution in [0.25, 0.3) is 10.9 Å². The van der Waals surface area contributed by atoms with Crippen LogP contribution in [0.1, 0.15) is 25.3 Å². The molecule has 0 amide bonds. The van der Waals surface area contributed by atoms with Gasteiger partial charge in [0.1, 0.15) is 12.1 Å². The monoisotopic (exact) mass is 317 g/mol. The number of rotatable bonds is 1. The first-order valence-corrected chi connectivity index (χ1v) is 9.46. The summed E-state index contributed by atoms with van der Waals surface area (Å²) in [6.07, 6.45) is 4.55. The van der Waals surface area contributed by atoms with Gasteiger partial charge in [-0.25, -0.2) is 18.4 Å². The maximum absolute atomic E-state index is 12.2. The number of anilines is 1. The van der Waals surface area contributed by atoms with Crippen LogP contribution in [0.2, 0.25) is 0 Å². The van der Waals surface area contributed by atoms with Crippen LogP contribution in [-0.2, 0) is 16.3 Å². The summed E-state index contributed by atoms with van der Waals surface area (Å²) >= 11 is 0. The molecule has 5 nitrogen and oxygen atoms in total. The summed E-state index contributed by atoms with van der Waals surface area (Å²) < 4.78 is 24.4. The topological polar surface area (TPSA) is 63.2 Å². The highest BCUT2D eigenvalue weighted by atomic mass is 32.2. The number of hydrogen-bond donors (Lipinski definition) is 0. The van der Waals surface area contributed by atoms with Gasteiger partial charge in [0.15, 0.2) is 9.84 Å². The summed E-state index contributed by atoms with van der Waals surface area (Å²) in [5.74, 6) is 1.75.